The van der Waals surface area contributed by atoms with E-state index in [1.165, 1.54) is 0 Å². The summed E-state index contributed by atoms with van der Waals surface area (Å²) in [4.78, 5) is 25.1. The molecule has 5 nitrogen and oxygen atoms in total. The van der Waals surface area contributed by atoms with E-state index >= 15 is 0 Å². The van der Waals surface area contributed by atoms with E-state index in [0.717, 1.165) is 24.2 Å². The Kier molecular flexibility index (Phi) is 5.89. The molecule has 0 spiro atoms. The van der Waals surface area contributed by atoms with Gasteiger partial charge < -0.3 is 14.4 Å². The molecule has 0 saturated carbocycles. The summed E-state index contributed by atoms with van der Waals surface area (Å²) in [6, 6.07) is 16.6. The third kappa shape index (κ3) is 4.87. The molecule has 1 amide bonds. The zero-order valence-electron chi connectivity index (χ0n) is 14.3. The van der Waals surface area contributed by atoms with Crippen LogP contribution in [0.15, 0.2) is 54.6 Å². The second kappa shape index (κ2) is 8.72. The first-order valence-corrected chi connectivity index (χ1v) is 8.45. The summed E-state index contributed by atoms with van der Waals surface area (Å²) in [5.74, 6) is 5.90. The molecule has 0 aromatic heterocycles. The Labute approximate surface area is 152 Å². The maximum Gasteiger partial charge on any atom is 0.345 e. The highest BCUT2D eigenvalue weighted by Gasteiger charge is 2.21. The fraction of sp³-hybridized carbons (Fsp3) is 0.238. The molecule has 0 N–H and O–H groups in total. The van der Waals surface area contributed by atoms with Crippen molar-refractivity contribution in [2.45, 2.75) is 12.8 Å². The molecule has 0 radical (unpaired) electrons. The van der Waals surface area contributed by atoms with Gasteiger partial charge in [-0.25, -0.2) is 4.79 Å². The number of rotatable bonds is 5. The normalized spacial score (nSPS) is 13.1. The van der Waals surface area contributed by atoms with E-state index in [2.05, 4.69) is 11.8 Å². The second-order valence-corrected chi connectivity index (χ2v) is 5.76. The topological polar surface area (TPSA) is 55.8 Å². The largest absolute Gasteiger partial charge is 0.482 e. The van der Waals surface area contributed by atoms with Gasteiger partial charge in [0.15, 0.2) is 13.2 Å². The lowest BCUT2D eigenvalue weighted by Crippen LogP contribution is -2.23. The molecule has 1 saturated heterocycles. The lowest BCUT2D eigenvalue weighted by atomic mass is 10.2. The van der Waals surface area contributed by atoms with Gasteiger partial charge in [0.2, 0.25) is 5.91 Å². The van der Waals surface area contributed by atoms with Crippen molar-refractivity contribution in [3.8, 4) is 17.6 Å². The number of hydrogen-bond donors (Lipinski definition) is 0. The van der Waals surface area contributed by atoms with Crippen molar-refractivity contribution >= 4 is 17.6 Å². The molecule has 2 aromatic rings. The second-order valence-electron chi connectivity index (χ2n) is 5.76. The molecule has 1 aliphatic heterocycles. The smallest absolute Gasteiger partial charge is 0.345 e. The SMILES string of the molecule is O=C(COc1ccc(N2CCCC2=O)cc1)OCC#Cc1ccccc1. The first kappa shape index (κ1) is 17.6. The monoisotopic (exact) mass is 349 g/mol. The minimum absolute atomic E-state index is 0.0209. The fourth-order valence-corrected chi connectivity index (χ4v) is 2.60. The van der Waals surface area contributed by atoms with Crippen LogP contribution >= 0.6 is 0 Å². The van der Waals surface area contributed by atoms with E-state index in [0.29, 0.717) is 12.2 Å². The molecule has 1 heterocycles. The Morgan fingerprint density at radius 3 is 2.54 bits per heavy atom. The van der Waals surface area contributed by atoms with Gasteiger partial charge in [-0.15, -0.1) is 0 Å². The molecule has 0 unspecified atom stereocenters. The van der Waals surface area contributed by atoms with Crippen molar-refractivity contribution in [2.75, 3.05) is 24.7 Å². The number of anilines is 1. The number of amides is 1. The molecular weight excluding hydrogens is 330 g/mol. The molecule has 26 heavy (non-hydrogen) atoms. The summed E-state index contributed by atoms with van der Waals surface area (Å²) >= 11 is 0. The predicted octanol–water partition coefficient (Wildman–Crippen LogP) is 2.79. The lowest BCUT2D eigenvalue weighted by Gasteiger charge is -2.15. The molecule has 132 valence electrons. The molecule has 3 rings (SSSR count). The van der Waals surface area contributed by atoms with Crippen LogP contribution in [-0.4, -0.2) is 31.6 Å². The Morgan fingerprint density at radius 2 is 1.85 bits per heavy atom. The van der Waals surface area contributed by atoms with Gasteiger partial charge >= 0.3 is 5.97 Å². The number of carbonyl (C=O) groups is 2. The minimum Gasteiger partial charge on any atom is -0.482 e. The van der Waals surface area contributed by atoms with Crippen LogP contribution in [-0.2, 0) is 14.3 Å². The standard InChI is InChI=1S/C21H19NO4/c23-20-9-4-14-22(20)18-10-12-19(13-11-18)26-16-21(24)25-15-5-8-17-6-2-1-3-7-17/h1-3,6-7,10-13H,4,9,14-16H2. The van der Waals surface area contributed by atoms with Gasteiger partial charge in [-0.3, -0.25) is 4.79 Å². The molecule has 5 heteroatoms. The van der Waals surface area contributed by atoms with Gasteiger partial charge in [0, 0.05) is 24.2 Å². The number of hydrogen-bond acceptors (Lipinski definition) is 4. The van der Waals surface area contributed by atoms with Gasteiger partial charge in [-0.05, 0) is 42.8 Å². The summed E-state index contributed by atoms with van der Waals surface area (Å²) in [5, 5.41) is 0. The van der Waals surface area contributed by atoms with E-state index in [1.54, 1.807) is 17.0 Å². The van der Waals surface area contributed by atoms with Crippen molar-refractivity contribution in [1.82, 2.24) is 0 Å². The quantitative estimate of drug-likeness (QED) is 0.615. The van der Waals surface area contributed by atoms with E-state index in [4.69, 9.17) is 9.47 Å². The first-order valence-electron chi connectivity index (χ1n) is 8.45. The summed E-state index contributed by atoms with van der Waals surface area (Å²) in [5.41, 5.74) is 1.72. The fourth-order valence-electron chi connectivity index (χ4n) is 2.60. The van der Waals surface area contributed by atoms with Crippen molar-refractivity contribution in [2.24, 2.45) is 0 Å². The number of ether oxygens (including phenoxy) is 2. The third-order valence-electron chi connectivity index (χ3n) is 3.89. The van der Waals surface area contributed by atoms with Crippen LogP contribution in [0.4, 0.5) is 5.69 Å². The average molecular weight is 349 g/mol. The molecule has 0 atom stereocenters. The highest BCUT2D eigenvalue weighted by Crippen LogP contribution is 2.23. The van der Waals surface area contributed by atoms with E-state index < -0.39 is 5.97 Å². The average Bonchev–Trinajstić information content (AvgIpc) is 3.11. The van der Waals surface area contributed by atoms with E-state index in [-0.39, 0.29) is 19.1 Å². The van der Waals surface area contributed by atoms with Crippen LogP contribution in [0.25, 0.3) is 0 Å². The summed E-state index contributed by atoms with van der Waals surface area (Å²) < 4.78 is 10.4. The van der Waals surface area contributed by atoms with Crippen LogP contribution in [0.1, 0.15) is 18.4 Å². The van der Waals surface area contributed by atoms with Crippen LogP contribution < -0.4 is 9.64 Å². The maximum absolute atomic E-state index is 11.7. The lowest BCUT2D eigenvalue weighted by molar-refractivity contribution is -0.144. The van der Waals surface area contributed by atoms with Gasteiger partial charge in [0.05, 0.1) is 0 Å². The van der Waals surface area contributed by atoms with Gasteiger partial charge in [0.25, 0.3) is 0 Å². The van der Waals surface area contributed by atoms with Crippen molar-refractivity contribution < 1.29 is 19.1 Å². The van der Waals surface area contributed by atoms with Crippen molar-refractivity contribution in [3.05, 3.63) is 60.2 Å². The Bertz CT molecular complexity index is 819. The molecular formula is C21H19NO4. The number of carbonyl (C=O) groups excluding carboxylic acids is 2. The number of nitrogens with zero attached hydrogens (tertiary/aromatic N) is 1. The van der Waals surface area contributed by atoms with E-state index in [9.17, 15) is 9.59 Å². The summed E-state index contributed by atoms with van der Waals surface area (Å²) in [6.07, 6.45) is 1.48. The summed E-state index contributed by atoms with van der Waals surface area (Å²) in [6.45, 7) is 0.581. The first-order chi connectivity index (χ1) is 12.7. The van der Waals surface area contributed by atoms with Crippen molar-refractivity contribution in [3.63, 3.8) is 0 Å². The predicted molar refractivity (Wildman–Crippen MR) is 97.8 cm³/mol. The van der Waals surface area contributed by atoms with Gasteiger partial charge in [0.1, 0.15) is 5.75 Å². The zero-order chi connectivity index (χ0) is 18.2. The van der Waals surface area contributed by atoms with Crippen LogP contribution in [0.5, 0.6) is 5.75 Å². The number of esters is 1. The maximum atomic E-state index is 11.7. The highest BCUT2D eigenvalue weighted by atomic mass is 16.6. The Balaban J connectivity index is 1.41. The molecule has 1 aliphatic rings. The van der Waals surface area contributed by atoms with Gasteiger partial charge in [-0.1, -0.05) is 30.0 Å². The van der Waals surface area contributed by atoms with Crippen LogP contribution in [0, 0.1) is 11.8 Å². The number of benzene rings is 2. The highest BCUT2D eigenvalue weighted by molar-refractivity contribution is 5.95. The zero-order valence-corrected chi connectivity index (χ0v) is 14.3. The summed E-state index contributed by atoms with van der Waals surface area (Å²) in [7, 11) is 0. The van der Waals surface area contributed by atoms with Crippen molar-refractivity contribution in [1.29, 1.82) is 0 Å². The molecule has 0 bridgehead atoms. The Hall–Kier alpha value is -3.26. The molecule has 0 aliphatic carbocycles. The molecule has 2 aromatic carbocycles. The Morgan fingerprint density at radius 1 is 1.08 bits per heavy atom. The van der Waals surface area contributed by atoms with Gasteiger partial charge in [-0.2, -0.15) is 0 Å². The minimum atomic E-state index is -0.480. The molecule has 1 fully saturated rings. The third-order valence-corrected chi connectivity index (χ3v) is 3.89. The van der Waals surface area contributed by atoms with Crippen LogP contribution in [0.2, 0.25) is 0 Å². The van der Waals surface area contributed by atoms with E-state index in [1.807, 2.05) is 42.5 Å². The van der Waals surface area contributed by atoms with Crippen LogP contribution in [0.3, 0.4) is 0 Å².